The van der Waals surface area contributed by atoms with E-state index in [9.17, 15) is 4.79 Å². The molecule has 0 fully saturated rings. The van der Waals surface area contributed by atoms with Crippen LogP contribution in [-0.4, -0.2) is 18.2 Å². The smallest absolute Gasteiger partial charge is 0.407 e. The Morgan fingerprint density at radius 1 is 1.47 bits per heavy atom. The van der Waals surface area contributed by atoms with Gasteiger partial charge in [-0.2, -0.15) is 0 Å². The van der Waals surface area contributed by atoms with Crippen molar-refractivity contribution in [1.82, 2.24) is 5.32 Å². The minimum Gasteiger partial charge on any atom is -0.446 e. The molecular weight excluding hydrogens is 238 g/mol. The highest BCUT2D eigenvalue weighted by Gasteiger charge is 2.20. The van der Waals surface area contributed by atoms with Gasteiger partial charge in [-0.15, -0.1) is 0 Å². The summed E-state index contributed by atoms with van der Waals surface area (Å²) in [5, 5.41) is 2.94. The van der Waals surface area contributed by atoms with Gasteiger partial charge in [-0.3, -0.25) is 0 Å². The fourth-order valence-electron chi connectivity index (χ4n) is 2.28. The summed E-state index contributed by atoms with van der Waals surface area (Å²) in [5.41, 5.74) is 1.24. The Morgan fingerprint density at radius 2 is 2.21 bits per heavy atom. The lowest BCUT2D eigenvalue weighted by atomic mass is 9.94. The van der Waals surface area contributed by atoms with E-state index in [0.29, 0.717) is 5.92 Å². The Kier molecular flexibility index (Phi) is 6.68. The third-order valence-electron chi connectivity index (χ3n) is 3.55. The number of ether oxygens (including phenoxy) is 1. The van der Waals surface area contributed by atoms with Gasteiger partial charge in [-0.25, -0.2) is 4.79 Å². The predicted molar refractivity (Wildman–Crippen MR) is 79.1 cm³/mol. The van der Waals surface area contributed by atoms with E-state index in [0.717, 1.165) is 25.7 Å². The topological polar surface area (TPSA) is 38.3 Å². The Bertz CT molecular complexity index is 347. The Morgan fingerprint density at radius 3 is 2.79 bits per heavy atom. The van der Waals surface area contributed by atoms with Crippen molar-refractivity contribution in [2.75, 3.05) is 0 Å². The van der Waals surface area contributed by atoms with Crippen LogP contribution in [0.25, 0.3) is 0 Å². The molecule has 0 aromatic heterocycles. The van der Waals surface area contributed by atoms with Crippen LogP contribution in [0.2, 0.25) is 0 Å². The number of hydrogen-bond acceptors (Lipinski definition) is 2. The van der Waals surface area contributed by atoms with E-state index in [2.05, 4.69) is 39.1 Å². The highest BCUT2D eigenvalue weighted by molar-refractivity contribution is 5.68. The molecule has 0 spiro atoms. The maximum atomic E-state index is 11.9. The fraction of sp³-hybridized carbons (Fsp3) is 0.688. The van der Waals surface area contributed by atoms with Crippen molar-refractivity contribution in [2.45, 2.75) is 65.5 Å². The Labute approximate surface area is 117 Å². The summed E-state index contributed by atoms with van der Waals surface area (Å²) in [6, 6.07) is 0.0416. The van der Waals surface area contributed by atoms with Gasteiger partial charge in [0, 0.05) is 0 Å². The highest BCUT2D eigenvalue weighted by Crippen LogP contribution is 2.17. The van der Waals surface area contributed by atoms with Gasteiger partial charge in [0.05, 0.1) is 6.04 Å². The molecule has 0 saturated carbocycles. The SMILES string of the molecule is CCCCC(CC)OC(=O)NC1C=CC(C)=CC1C. The van der Waals surface area contributed by atoms with Crippen LogP contribution in [0.15, 0.2) is 23.8 Å². The number of unbranched alkanes of at least 4 members (excludes halogenated alkanes) is 1. The van der Waals surface area contributed by atoms with E-state index in [1.165, 1.54) is 5.57 Å². The zero-order valence-electron chi connectivity index (χ0n) is 12.6. The van der Waals surface area contributed by atoms with Gasteiger partial charge in [-0.05, 0) is 25.7 Å². The van der Waals surface area contributed by atoms with Crippen molar-refractivity contribution in [3.05, 3.63) is 23.8 Å². The van der Waals surface area contributed by atoms with Gasteiger partial charge < -0.3 is 10.1 Å². The molecule has 1 aliphatic rings. The second-order valence-corrected chi connectivity index (χ2v) is 5.38. The van der Waals surface area contributed by atoms with Crippen LogP contribution in [0.5, 0.6) is 0 Å². The second kappa shape index (κ2) is 8.03. The number of rotatable bonds is 6. The minimum absolute atomic E-state index is 0.0416. The van der Waals surface area contributed by atoms with E-state index in [1.807, 2.05) is 12.2 Å². The molecule has 3 unspecified atom stereocenters. The van der Waals surface area contributed by atoms with Crippen molar-refractivity contribution in [3.63, 3.8) is 0 Å². The molecule has 0 heterocycles. The first-order valence-corrected chi connectivity index (χ1v) is 7.40. The molecule has 108 valence electrons. The van der Waals surface area contributed by atoms with Crippen molar-refractivity contribution in [1.29, 1.82) is 0 Å². The van der Waals surface area contributed by atoms with Gasteiger partial charge in [0.15, 0.2) is 0 Å². The molecular formula is C16H27NO2. The van der Waals surface area contributed by atoms with Crippen molar-refractivity contribution in [2.24, 2.45) is 5.92 Å². The zero-order chi connectivity index (χ0) is 14.3. The monoisotopic (exact) mass is 265 g/mol. The summed E-state index contributed by atoms with van der Waals surface area (Å²) in [6.45, 7) is 8.38. The zero-order valence-corrected chi connectivity index (χ0v) is 12.6. The number of alkyl carbamates (subject to hydrolysis) is 1. The largest absolute Gasteiger partial charge is 0.446 e. The molecule has 0 bridgehead atoms. The number of carbonyl (C=O) groups is 1. The number of allylic oxidation sites excluding steroid dienone is 2. The first kappa shape index (κ1) is 15.8. The van der Waals surface area contributed by atoms with E-state index in [4.69, 9.17) is 4.74 Å². The van der Waals surface area contributed by atoms with Crippen LogP contribution in [0.4, 0.5) is 4.79 Å². The minimum atomic E-state index is -0.294. The summed E-state index contributed by atoms with van der Waals surface area (Å²) in [4.78, 5) is 11.9. The van der Waals surface area contributed by atoms with Gasteiger partial charge in [0.25, 0.3) is 0 Å². The lowest BCUT2D eigenvalue weighted by Gasteiger charge is -2.24. The predicted octanol–water partition coefficient (Wildman–Crippen LogP) is 4.20. The average Bonchev–Trinajstić information content (AvgIpc) is 2.38. The quantitative estimate of drug-likeness (QED) is 0.781. The summed E-state index contributed by atoms with van der Waals surface area (Å²) in [5.74, 6) is 0.313. The van der Waals surface area contributed by atoms with Gasteiger partial charge in [-0.1, -0.05) is 57.4 Å². The van der Waals surface area contributed by atoms with Gasteiger partial charge in [0.1, 0.15) is 6.10 Å². The van der Waals surface area contributed by atoms with Crippen molar-refractivity contribution >= 4 is 6.09 Å². The molecule has 1 aliphatic carbocycles. The molecule has 1 amide bonds. The number of hydrogen-bond donors (Lipinski definition) is 1. The molecule has 0 saturated heterocycles. The van der Waals surface area contributed by atoms with Crippen LogP contribution < -0.4 is 5.32 Å². The molecule has 0 aliphatic heterocycles. The van der Waals surface area contributed by atoms with Crippen LogP contribution in [0, 0.1) is 5.92 Å². The third-order valence-corrected chi connectivity index (χ3v) is 3.55. The Hall–Kier alpha value is -1.25. The summed E-state index contributed by atoms with van der Waals surface area (Å²) >= 11 is 0. The van der Waals surface area contributed by atoms with Crippen LogP contribution in [0.3, 0.4) is 0 Å². The molecule has 3 nitrogen and oxygen atoms in total. The van der Waals surface area contributed by atoms with Gasteiger partial charge >= 0.3 is 6.09 Å². The lowest BCUT2D eigenvalue weighted by Crippen LogP contribution is -2.40. The van der Waals surface area contributed by atoms with E-state index >= 15 is 0 Å². The fourth-order valence-corrected chi connectivity index (χ4v) is 2.28. The molecule has 1 N–H and O–H groups in total. The second-order valence-electron chi connectivity index (χ2n) is 5.38. The number of nitrogens with one attached hydrogen (secondary N) is 1. The molecule has 0 aromatic rings. The van der Waals surface area contributed by atoms with E-state index in [1.54, 1.807) is 0 Å². The standard InChI is InChI=1S/C16H27NO2/c1-5-7-8-14(6-2)19-16(18)17-15-10-9-12(3)11-13(15)4/h9-11,13-15H,5-8H2,1-4H3,(H,17,18). The maximum Gasteiger partial charge on any atom is 0.407 e. The van der Waals surface area contributed by atoms with Crippen molar-refractivity contribution in [3.8, 4) is 0 Å². The third kappa shape index (κ3) is 5.50. The molecule has 1 rings (SSSR count). The van der Waals surface area contributed by atoms with E-state index < -0.39 is 0 Å². The summed E-state index contributed by atoms with van der Waals surface area (Å²) < 4.78 is 5.48. The van der Waals surface area contributed by atoms with Gasteiger partial charge in [0.2, 0.25) is 0 Å². The number of amides is 1. The van der Waals surface area contributed by atoms with E-state index in [-0.39, 0.29) is 18.2 Å². The molecule has 19 heavy (non-hydrogen) atoms. The molecule has 3 atom stereocenters. The first-order valence-electron chi connectivity index (χ1n) is 7.40. The van der Waals surface area contributed by atoms with Crippen LogP contribution in [0.1, 0.15) is 53.4 Å². The van der Waals surface area contributed by atoms with Crippen LogP contribution >= 0.6 is 0 Å². The summed E-state index contributed by atoms with van der Waals surface area (Å²) in [7, 11) is 0. The maximum absolute atomic E-state index is 11.9. The molecule has 3 heteroatoms. The van der Waals surface area contributed by atoms with Crippen molar-refractivity contribution < 1.29 is 9.53 Å². The normalized spacial score (nSPS) is 23.7. The van der Waals surface area contributed by atoms with Crippen LogP contribution in [-0.2, 0) is 4.74 Å². The first-order chi connectivity index (χ1) is 9.06. The number of carbonyl (C=O) groups excluding carboxylic acids is 1. The lowest BCUT2D eigenvalue weighted by molar-refractivity contribution is 0.0863. The summed E-state index contributed by atoms with van der Waals surface area (Å²) in [6.07, 6.45) is 10.1. The highest BCUT2D eigenvalue weighted by atomic mass is 16.6. The Balaban J connectivity index is 2.40. The average molecular weight is 265 g/mol. The molecule has 0 radical (unpaired) electrons. The molecule has 0 aromatic carbocycles.